The molecule has 0 spiro atoms. The highest BCUT2D eigenvalue weighted by Gasteiger charge is 2.26. The Morgan fingerprint density at radius 2 is 1.70 bits per heavy atom. The molecule has 0 bridgehead atoms. The molecule has 0 aliphatic heterocycles. The summed E-state index contributed by atoms with van der Waals surface area (Å²) < 4.78 is 18.5. The number of hydrogen-bond donors (Lipinski definition) is 1. The smallest absolute Gasteiger partial charge is 0.342 e. The number of hydrogen-bond acceptors (Lipinski definition) is 4. The standard InChI is InChI=1S/C20H14ClFN2O3/c21-18-16(7-4-12-23-18)20(26)27-17(13-5-2-1-3-6-13)19(25)24-15-10-8-14(22)9-11-15/h1-12,17H,(H,24,25)/t17-/m1/s1. The third-order valence-electron chi connectivity index (χ3n) is 3.66. The van der Waals surface area contributed by atoms with Crippen LogP contribution < -0.4 is 5.32 Å². The van der Waals surface area contributed by atoms with Crippen LogP contribution in [-0.2, 0) is 9.53 Å². The Hall–Kier alpha value is -3.25. The highest BCUT2D eigenvalue weighted by molar-refractivity contribution is 6.32. The Labute approximate surface area is 159 Å². The molecule has 0 aliphatic rings. The van der Waals surface area contributed by atoms with Gasteiger partial charge >= 0.3 is 5.97 Å². The van der Waals surface area contributed by atoms with E-state index >= 15 is 0 Å². The molecule has 5 nitrogen and oxygen atoms in total. The Morgan fingerprint density at radius 3 is 2.37 bits per heavy atom. The van der Waals surface area contributed by atoms with Crippen LogP contribution in [0.2, 0.25) is 5.15 Å². The average molecular weight is 385 g/mol. The van der Waals surface area contributed by atoms with Crippen molar-refractivity contribution in [3.05, 3.63) is 95.0 Å². The zero-order valence-electron chi connectivity index (χ0n) is 13.9. The molecule has 0 unspecified atom stereocenters. The first-order chi connectivity index (χ1) is 13.0. The van der Waals surface area contributed by atoms with Gasteiger partial charge in [-0.3, -0.25) is 4.79 Å². The Bertz CT molecular complexity index is 949. The van der Waals surface area contributed by atoms with Gasteiger partial charge in [-0.05, 0) is 36.4 Å². The van der Waals surface area contributed by atoms with E-state index in [1.54, 1.807) is 36.4 Å². The van der Waals surface area contributed by atoms with Crippen molar-refractivity contribution in [1.82, 2.24) is 4.98 Å². The number of rotatable bonds is 5. The molecular formula is C20H14ClFN2O3. The molecule has 1 heterocycles. The summed E-state index contributed by atoms with van der Waals surface area (Å²) in [5, 5.41) is 2.59. The minimum absolute atomic E-state index is 0.0201. The van der Waals surface area contributed by atoms with Gasteiger partial charge in [-0.25, -0.2) is 14.2 Å². The summed E-state index contributed by atoms with van der Waals surface area (Å²) >= 11 is 5.92. The summed E-state index contributed by atoms with van der Waals surface area (Å²) in [6.07, 6.45) is 0.217. The summed E-state index contributed by atoms with van der Waals surface area (Å²) in [5.41, 5.74) is 0.901. The van der Waals surface area contributed by atoms with E-state index in [9.17, 15) is 14.0 Å². The van der Waals surface area contributed by atoms with Gasteiger partial charge in [0.2, 0.25) is 6.10 Å². The molecular weight excluding hydrogens is 371 g/mol. The number of carbonyl (C=O) groups is 2. The number of aromatic nitrogens is 1. The first-order valence-corrected chi connectivity index (χ1v) is 8.35. The SMILES string of the molecule is O=C(O[C@@H](C(=O)Nc1ccc(F)cc1)c1ccccc1)c1cccnc1Cl. The summed E-state index contributed by atoms with van der Waals surface area (Å²) in [6, 6.07) is 16.8. The Kier molecular flexibility index (Phi) is 5.78. The molecule has 0 aliphatic carbocycles. The number of esters is 1. The van der Waals surface area contributed by atoms with Gasteiger partial charge in [-0.15, -0.1) is 0 Å². The van der Waals surface area contributed by atoms with Crippen molar-refractivity contribution >= 4 is 29.2 Å². The molecule has 2 aromatic carbocycles. The molecule has 1 N–H and O–H groups in total. The van der Waals surface area contributed by atoms with Crippen LogP contribution in [0.25, 0.3) is 0 Å². The summed E-state index contributed by atoms with van der Waals surface area (Å²) in [5.74, 6) is -1.79. The summed E-state index contributed by atoms with van der Waals surface area (Å²) in [4.78, 5) is 29.0. The van der Waals surface area contributed by atoms with Crippen LogP contribution in [0.4, 0.5) is 10.1 Å². The molecule has 27 heavy (non-hydrogen) atoms. The minimum atomic E-state index is -1.22. The van der Waals surface area contributed by atoms with Crippen LogP contribution in [-0.4, -0.2) is 16.9 Å². The second-order valence-corrected chi connectivity index (χ2v) is 5.89. The van der Waals surface area contributed by atoms with Gasteiger partial charge < -0.3 is 10.1 Å². The first kappa shape index (κ1) is 18.5. The molecule has 0 radical (unpaired) electrons. The first-order valence-electron chi connectivity index (χ1n) is 7.97. The predicted octanol–water partition coefficient (Wildman–Crippen LogP) is 4.41. The number of nitrogens with one attached hydrogen (secondary N) is 1. The van der Waals surface area contributed by atoms with Crippen molar-refractivity contribution < 1.29 is 18.7 Å². The van der Waals surface area contributed by atoms with Crippen molar-refractivity contribution in [2.45, 2.75) is 6.10 Å². The lowest BCUT2D eigenvalue weighted by Gasteiger charge is -2.18. The fourth-order valence-electron chi connectivity index (χ4n) is 2.35. The van der Waals surface area contributed by atoms with E-state index in [1.807, 2.05) is 0 Å². The van der Waals surface area contributed by atoms with Gasteiger partial charge in [0.25, 0.3) is 5.91 Å². The van der Waals surface area contributed by atoms with Gasteiger partial charge in [-0.1, -0.05) is 41.9 Å². The van der Waals surface area contributed by atoms with Gasteiger partial charge in [0.15, 0.2) is 0 Å². The van der Waals surface area contributed by atoms with E-state index in [-0.39, 0.29) is 10.7 Å². The maximum atomic E-state index is 13.0. The lowest BCUT2D eigenvalue weighted by molar-refractivity contribution is -0.125. The van der Waals surface area contributed by atoms with Crippen LogP contribution in [0.3, 0.4) is 0 Å². The van der Waals surface area contributed by atoms with Gasteiger partial charge in [0.1, 0.15) is 11.0 Å². The highest BCUT2D eigenvalue weighted by atomic mass is 35.5. The normalized spacial score (nSPS) is 11.5. The lowest BCUT2D eigenvalue weighted by Crippen LogP contribution is -2.26. The van der Waals surface area contributed by atoms with Crippen molar-refractivity contribution in [3.8, 4) is 0 Å². The van der Waals surface area contributed by atoms with Gasteiger partial charge in [-0.2, -0.15) is 0 Å². The quantitative estimate of drug-likeness (QED) is 0.522. The topological polar surface area (TPSA) is 68.3 Å². The summed E-state index contributed by atoms with van der Waals surface area (Å²) in [6.45, 7) is 0. The van der Waals surface area contributed by atoms with E-state index in [0.29, 0.717) is 11.3 Å². The largest absolute Gasteiger partial charge is 0.444 e. The van der Waals surface area contributed by atoms with Crippen LogP contribution >= 0.6 is 11.6 Å². The van der Waals surface area contributed by atoms with Gasteiger partial charge in [0.05, 0.1) is 5.56 Å². The number of carbonyl (C=O) groups excluding carboxylic acids is 2. The lowest BCUT2D eigenvalue weighted by atomic mass is 10.1. The molecule has 1 atom stereocenters. The molecule has 0 fully saturated rings. The number of pyridine rings is 1. The predicted molar refractivity (Wildman–Crippen MR) is 98.9 cm³/mol. The third kappa shape index (κ3) is 4.68. The number of benzene rings is 2. The number of halogens is 2. The van der Waals surface area contributed by atoms with Crippen LogP contribution in [0.5, 0.6) is 0 Å². The second kappa shape index (κ2) is 8.42. The van der Waals surface area contributed by atoms with Gasteiger partial charge in [0, 0.05) is 17.4 Å². The van der Waals surface area contributed by atoms with E-state index in [2.05, 4.69) is 10.3 Å². The van der Waals surface area contributed by atoms with E-state index in [0.717, 1.165) is 0 Å². The molecule has 3 aromatic rings. The number of ether oxygens (including phenoxy) is 1. The molecule has 0 saturated heterocycles. The maximum absolute atomic E-state index is 13.0. The highest BCUT2D eigenvalue weighted by Crippen LogP contribution is 2.23. The van der Waals surface area contributed by atoms with Crippen molar-refractivity contribution in [2.24, 2.45) is 0 Å². The van der Waals surface area contributed by atoms with Crippen LogP contribution in [0, 0.1) is 5.82 Å². The van der Waals surface area contributed by atoms with E-state index in [1.165, 1.54) is 36.5 Å². The van der Waals surface area contributed by atoms with Crippen LogP contribution in [0.15, 0.2) is 72.9 Å². The minimum Gasteiger partial charge on any atom is -0.444 e. The fraction of sp³-hybridized carbons (Fsp3) is 0.0500. The average Bonchev–Trinajstić information content (AvgIpc) is 2.68. The number of nitrogens with zero attached hydrogens (tertiary/aromatic N) is 1. The Balaban J connectivity index is 1.85. The molecule has 7 heteroatoms. The monoisotopic (exact) mass is 384 g/mol. The second-order valence-electron chi connectivity index (χ2n) is 5.53. The van der Waals surface area contributed by atoms with E-state index < -0.39 is 23.8 Å². The zero-order valence-corrected chi connectivity index (χ0v) is 14.7. The van der Waals surface area contributed by atoms with Crippen molar-refractivity contribution in [3.63, 3.8) is 0 Å². The number of anilines is 1. The molecule has 0 saturated carbocycles. The summed E-state index contributed by atoms with van der Waals surface area (Å²) in [7, 11) is 0. The number of amides is 1. The molecule has 1 aromatic heterocycles. The van der Waals surface area contributed by atoms with Crippen molar-refractivity contribution in [1.29, 1.82) is 0 Å². The fourth-order valence-corrected chi connectivity index (χ4v) is 2.55. The Morgan fingerprint density at radius 1 is 1.00 bits per heavy atom. The van der Waals surface area contributed by atoms with E-state index in [4.69, 9.17) is 16.3 Å². The maximum Gasteiger partial charge on any atom is 0.342 e. The zero-order chi connectivity index (χ0) is 19.2. The molecule has 3 rings (SSSR count). The molecule has 1 amide bonds. The third-order valence-corrected chi connectivity index (χ3v) is 3.96. The van der Waals surface area contributed by atoms with Crippen molar-refractivity contribution in [2.75, 3.05) is 5.32 Å². The molecule has 136 valence electrons. The van der Waals surface area contributed by atoms with Crippen LogP contribution in [0.1, 0.15) is 22.0 Å².